The lowest BCUT2D eigenvalue weighted by atomic mass is 9.95. The van der Waals surface area contributed by atoms with E-state index in [0.29, 0.717) is 5.69 Å². The van der Waals surface area contributed by atoms with Crippen LogP contribution in [0.1, 0.15) is 58.2 Å². The van der Waals surface area contributed by atoms with Crippen LogP contribution in [-0.4, -0.2) is 21.6 Å². The third-order valence-corrected chi connectivity index (χ3v) is 5.59. The van der Waals surface area contributed by atoms with E-state index in [2.05, 4.69) is 5.32 Å². The fourth-order valence-electron chi connectivity index (χ4n) is 4.05. The molecule has 0 saturated heterocycles. The summed E-state index contributed by atoms with van der Waals surface area (Å²) in [6.07, 6.45) is 3.88. The van der Waals surface area contributed by atoms with Crippen molar-refractivity contribution in [3.8, 4) is 5.69 Å². The van der Waals surface area contributed by atoms with E-state index in [-0.39, 0.29) is 12.3 Å². The highest BCUT2D eigenvalue weighted by Crippen LogP contribution is 2.28. The van der Waals surface area contributed by atoms with Gasteiger partial charge >= 0.3 is 0 Å². The molecule has 154 valence electrons. The Balaban J connectivity index is 1.68. The number of aromatic nitrogens is 2. The quantitative estimate of drug-likeness (QED) is 0.662. The minimum atomic E-state index is -0.486. The fourth-order valence-corrected chi connectivity index (χ4v) is 4.05. The summed E-state index contributed by atoms with van der Waals surface area (Å²) >= 11 is 0. The van der Waals surface area contributed by atoms with Gasteiger partial charge in [0, 0.05) is 11.3 Å². The summed E-state index contributed by atoms with van der Waals surface area (Å²) < 4.78 is 1.90. The average Bonchev–Trinajstić information content (AvgIpc) is 3.14. The predicted molar refractivity (Wildman–Crippen MR) is 115 cm³/mol. The summed E-state index contributed by atoms with van der Waals surface area (Å²) in [5.74, 6) is -0.731. The van der Waals surface area contributed by atoms with E-state index < -0.39 is 11.9 Å². The van der Waals surface area contributed by atoms with E-state index in [4.69, 9.17) is 10.8 Å². The zero-order valence-corrected chi connectivity index (χ0v) is 17.1. The number of aryl methyl sites for hydroxylation is 1. The third-order valence-electron chi connectivity index (χ3n) is 5.59. The van der Waals surface area contributed by atoms with Gasteiger partial charge in [0.15, 0.2) is 5.69 Å². The summed E-state index contributed by atoms with van der Waals surface area (Å²) in [7, 11) is 0. The molecule has 6 nitrogen and oxygen atoms in total. The van der Waals surface area contributed by atoms with E-state index in [1.165, 1.54) is 5.56 Å². The molecule has 1 aliphatic carbocycles. The van der Waals surface area contributed by atoms with Gasteiger partial charge < -0.3 is 11.1 Å². The van der Waals surface area contributed by atoms with Gasteiger partial charge in [-0.1, -0.05) is 48.0 Å². The molecule has 1 aromatic heterocycles. The molecule has 0 saturated carbocycles. The Labute approximate surface area is 176 Å². The lowest BCUT2D eigenvalue weighted by Crippen LogP contribution is -2.32. The van der Waals surface area contributed by atoms with Gasteiger partial charge in [-0.15, -0.1) is 0 Å². The second kappa shape index (κ2) is 8.53. The number of nitrogens with zero attached hydrogens (tertiary/aromatic N) is 2. The standard InChI is InChI=1S/C24H26N4O2/c1-16-11-13-18(14-12-16)28-21-10-6-5-9-19(21)23(27-28)24(30)26-20(15-22(25)29)17-7-3-2-4-8-17/h2-4,7-8,11-14,20H,5-6,9-10,15H2,1H3,(H2,25,29)(H,26,30)/t20-/m0/s1. The molecule has 2 amide bonds. The number of amides is 2. The number of fused-ring (bicyclic) bond motifs is 1. The van der Waals surface area contributed by atoms with Crippen molar-refractivity contribution in [3.05, 3.63) is 82.7 Å². The number of carbonyl (C=O) groups excluding carboxylic acids is 2. The molecule has 1 aliphatic rings. The monoisotopic (exact) mass is 402 g/mol. The minimum Gasteiger partial charge on any atom is -0.370 e. The lowest BCUT2D eigenvalue weighted by molar-refractivity contribution is -0.118. The number of benzene rings is 2. The van der Waals surface area contributed by atoms with Crippen LogP contribution in [0.2, 0.25) is 0 Å². The number of nitrogens with two attached hydrogens (primary N) is 1. The Bertz CT molecular complexity index is 1050. The number of primary amides is 1. The van der Waals surface area contributed by atoms with Crippen LogP contribution in [0.3, 0.4) is 0 Å². The number of nitrogens with one attached hydrogen (secondary N) is 1. The molecule has 0 bridgehead atoms. The summed E-state index contributed by atoms with van der Waals surface area (Å²) in [4.78, 5) is 24.8. The van der Waals surface area contributed by atoms with Crippen molar-refractivity contribution in [1.29, 1.82) is 0 Å². The van der Waals surface area contributed by atoms with E-state index in [1.54, 1.807) is 0 Å². The molecule has 1 heterocycles. The van der Waals surface area contributed by atoms with Crippen molar-refractivity contribution >= 4 is 11.8 Å². The molecule has 4 rings (SSSR count). The van der Waals surface area contributed by atoms with E-state index in [0.717, 1.165) is 48.2 Å². The molecule has 30 heavy (non-hydrogen) atoms. The average molecular weight is 402 g/mol. The van der Waals surface area contributed by atoms with Crippen LogP contribution in [0.4, 0.5) is 0 Å². The van der Waals surface area contributed by atoms with Gasteiger partial charge in [-0.2, -0.15) is 5.10 Å². The van der Waals surface area contributed by atoms with Gasteiger partial charge in [-0.05, 0) is 50.3 Å². The lowest BCUT2D eigenvalue weighted by Gasteiger charge is -2.18. The molecular weight excluding hydrogens is 376 g/mol. The van der Waals surface area contributed by atoms with Crippen LogP contribution in [-0.2, 0) is 17.6 Å². The van der Waals surface area contributed by atoms with Crippen LogP contribution in [0.25, 0.3) is 5.69 Å². The zero-order chi connectivity index (χ0) is 21.1. The van der Waals surface area contributed by atoms with Crippen molar-refractivity contribution in [2.75, 3.05) is 0 Å². The fraction of sp³-hybridized carbons (Fsp3) is 0.292. The summed E-state index contributed by atoms with van der Waals surface area (Å²) in [5.41, 5.74) is 11.0. The Morgan fingerprint density at radius 2 is 1.77 bits per heavy atom. The topological polar surface area (TPSA) is 90.0 Å². The maximum atomic E-state index is 13.2. The first-order chi connectivity index (χ1) is 14.5. The van der Waals surface area contributed by atoms with Gasteiger partial charge in [0.1, 0.15) is 0 Å². The van der Waals surface area contributed by atoms with Gasteiger partial charge in [-0.3, -0.25) is 9.59 Å². The normalized spacial score (nSPS) is 14.0. The summed E-state index contributed by atoms with van der Waals surface area (Å²) in [5, 5.41) is 7.70. The molecule has 0 radical (unpaired) electrons. The van der Waals surface area contributed by atoms with Crippen molar-refractivity contribution in [2.45, 2.75) is 45.1 Å². The predicted octanol–water partition coefficient (Wildman–Crippen LogP) is 3.41. The number of hydrogen-bond acceptors (Lipinski definition) is 3. The van der Waals surface area contributed by atoms with Crippen LogP contribution < -0.4 is 11.1 Å². The number of carbonyl (C=O) groups is 2. The Morgan fingerprint density at radius 3 is 2.47 bits per heavy atom. The molecule has 1 atom stereocenters. The van der Waals surface area contributed by atoms with Crippen molar-refractivity contribution < 1.29 is 9.59 Å². The van der Waals surface area contributed by atoms with Crippen LogP contribution >= 0.6 is 0 Å². The molecule has 2 aromatic carbocycles. The molecule has 3 N–H and O–H groups in total. The van der Waals surface area contributed by atoms with Crippen LogP contribution in [0.5, 0.6) is 0 Å². The second-order valence-electron chi connectivity index (χ2n) is 7.84. The molecule has 0 fully saturated rings. The first-order valence-corrected chi connectivity index (χ1v) is 10.3. The summed E-state index contributed by atoms with van der Waals surface area (Å²) in [6.45, 7) is 2.05. The highest BCUT2D eigenvalue weighted by molar-refractivity contribution is 5.94. The number of hydrogen-bond donors (Lipinski definition) is 2. The van der Waals surface area contributed by atoms with E-state index in [9.17, 15) is 9.59 Å². The molecule has 3 aromatic rings. The molecule has 0 aliphatic heterocycles. The first kappa shape index (κ1) is 19.9. The highest BCUT2D eigenvalue weighted by atomic mass is 16.2. The Morgan fingerprint density at radius 1 is 1.07 bits per heavy atom. The highest BCUT2D eigenvalue weighted by Gasteiger charge is 2.27. The van der Waals surface area contributed by atoms with Gasteiger partial charge in [-0.25, -0.2) is 4.68 Å². The van der Waals surface area contributed by atoms with Crippen molar-refractivity contribution in [2.24, 2.45) is 5.73 Å². The first-order valence-electron chi connectivity index (χ1n) is 10.3. The third kappa shape index (κ3) is 4.13. The maximum absolute atomic E-state index is 13.2. The van der Waals surface area contributed by atoms with E-state index >= 15 is 0 Å². The van der Waals surface area contributed by atoms with E-state index in [1.807, 2.05) is 66.2 Å². The van der Waals surface area contributed by atoms with Gasteiger partial charge in [0.05, 0.1) is 18.2 Å². The zero-order valence-electron chi connectivity index (χ0n) is 17.1. The Kier molecular flexibility index (Phi) is 5.65. The molecular formula is C24H26N4O2. The largest absolute Gasteiger partial charge is 0.370 e. The number of rotatable bonds is 6. The Hall–Kier alpha value is -3.41. The summed E-state index contributed by atoms with van der Waals surface area (Å²) in [6, 6.07) is 17.1. The smallest absolute Gasteiger partial charge is 0.272 e. The van der Waals surface area contributed by atoms with Crippen LogP contribution in [0, 0.1) is 6.92 Å². The SMILES string of the molecule is Cc1ccc(-n2nc(C(=O)N[C@@H](CC(N)=O)c3ccccc3)c3c2CCCC3)cc1. The van der Waals surface area contributed by atoms with Gasteiger partial charge in [0.2, 0.25) is 5.91 Å². The molecule has 0 spiro atoms. The minimum absolute atomic E-state index is 0.0383. The molecule has 6 heteroatoms. The van der Waals surface area contributed by atoms with Gasteiger partial charge in [0.25, 0.3) is 5.91 Å². The van der Waals surface area contributed by atoms with Crippen LogP contribution in [0.15, 0.2) is 54.6 Å². The second-order valence-corrected chi connectivity index (χ2v) is 7.84. The van der Waals surface area contributed by atoms with Crippen molar-refractivity contribution in [1.82, 2.24) is 15.1 Å². The molecule has 0 unspecified atom stereocenters. The van der Waals surface area contributed by atoms with Crippen molar-refractivity contribution in [3.63, 3.8) is 0 Å². The maximum Gasteiger partial charge on any atom is 0.272 e.